The molecule has 0 atom stereocenters. The molecule has 0 radical (unpaired) electrons. The van der Waals surface area contributed by atoms with Gasteiger partial charge in [-0.2, -0.15) is 0 Å². The van der Waals surface area contributed by atoms with E-state index in [4.69, 9.17) is 9.47 Å². The number of benzene rings is 1. The number of anilines is 1. The molecule has 2 fully saturated rings. The maximum atomic E-state index is 13.3. The van der Waals surface area contributed by atoms with E-state index < -0.39 is 0 Å². The van der Waals surface area contributed by atoms with Crippen molar-refractivity contribution in [3.63, 3.8) is 0 Å². The van der Waals surface area contributed by atoms with Crippen molar-refractivity contribution in [2.24, 2.45) is 0 Å². The number of ether oxygens (including phenoxy) is 2. The number of piperazine rings is 1. The van der Waals surface area contributed by atoms with Crippen molar-refractivity contribution in [2.75, 3.05) is 57.9 Å². The molecule has 0 aliphatic carbocycles. The number of carbonyl (C=O) groups is 2. The fourth-order valence-electron chi connectivity index (χ4n) is 4.21. The van der Waals surface area contributed by atoms with Crippen LogP contribution in [0.4, 0.5) is 5.82 Å². The van der Waals surface area contributed by atoms with E-state index in [1.54, 1.807) is 6.20 Å². The van der Waals surface area contributed by atoms with Crippen LogP contribution in [0.1, 0.15) is 23.2 Å². The van der Waals surface area contributed by atoms with Gasteiger partial charge in [-0.15, -0.1) is 0 Å². The van der Waals surface area contributed by atoms with Gasteiger partial charge >= 0.3 is 0 Å². The molecule has 8 nitrogen and oxygen atoms in total. The first-order chi connectivity index (χ1) is 15.7. The van der Waals surface area contributed by atoms with E-state index in [9.17, 15) is 9.59 Å². The van der Waals surface area contributed by atoms with Crippen LogP contribution >= 0.6 is 0 Å². The van der Waals surface area contributed by atoms with Crippen LogP contribution in [-0.2, 0) is 9.53 Å². The summed E-state index contributed by atoms with van der Waals surface area (Å²) in [6.45, 7) is 4.17. The molecular formula is C24H30N4O4. The van der Waals surface area contributed by atoms with E-state index in [0.29, 0.717) is 37.5 Å². The molecule has 2 aromatic rings. The highest BCUT2D eigenvalue weighted by molar-refractivity contribution is 5.97. The van der Waals surface area contributed by atoms with Crippen molar-refractivity contribution in [3.8, 4) is 5.75 Å². The van der Waals surface area contributed by atoms with E-state index in [0.717, 1.165) is 31.7 Å². The third-order valence-electron chi connectivity index (χ3n) is 6.01. The minimum Gasteiger partial charge on any atom is -0.489 e. The van der Waals surface area contributed by atoms with Crippen molar-refractivity contribution in [1.82, 2.24) is 14.8 Å². The maximum absolute atomic E-state index is 13.3. The Hall–Kier alpha value is -3.13. The summed E-state index contributed by atoms with van der Waals surface area (Å²) < 4.78 is 11.2. The molecule has 0 saturated carbocycles. The Kier molecular flexibility index (Phi) is 7.21. The lowest BCUT2D eigenvalue weighted by molar-refractivity contribution is -0.136. The van der Waals surface area contributed by atoms with Gasteiger partial charge in [0.15, 0.2) is 0 Å². The predicted octanol–water partition coefficient (Wildman–Crippen LogP) is 2.06. The molecule has 2 aliphatic rings. The lowest BCUT2D eigenvalue weighted by Crippen LogP contribution is -2.49. The van der Waals surface area contributed by atoms with Crippen molar-refractivity contribution in [2.45, 2.75) is 18.9 Å². The molecule has 4 rings (SSSR count). The second-order valence-electron chi connectivity index (χ2n) is 8.09. The van der Waals surface area contributed by atoms with Crippen molar-refractivity contribution >= 4 is 17.6 Å². The first kappa shape index (κ1) is 22.1. The monoisotopic (exact) mass is 438 g/mol. The molecule has 170 valence electrons. The van der Waals surface area contributed by atoms with Crippen LogP contribution in [0.2, 0.25) is 0 Å². The molecular weight excluding hydrogens is 408 g/mol. The highest BCUT2D eigenvalue weighted by atomic mass is 16.5. The van der Waals surface area contributed by atoms with Gasteiger partial charge < -0.3 is 24.2 Å². The van der Waals surface area contributed by atoms with Gasteiger partial charge in [0, 0.05) is 65.4 Å². The van der Waals surface area contributed by atoms with Gasteiger partial charge in [-0.1, -0.05) is 18.2 Å². The van der Waals surface area contributed by atoms with Crippen LogP contribution in [0.5, 0.6) is 5.75 Å². The average Bonchev–Trinajstić information content (AvgIpc) is 2.85. The van der Waals surface area contributed by atoms with E-state index in [2.05, 4.69) is 9.88 Å². The quantitative estimate of drug-likeness (QED) is 0.687. The molecule has 3 heterocycles. The molecule has 8 heteroatoms. The van der Waals surface area contributed by atoms with Crippen LogP contribution in [0.3, 0.4) is 0 Å². The molecule has 32 heavy (non-hydrogen) atoms. The number of nitrogens with zero attached hydrogens (tertiary/aromatic N) is 4. The first-order valence-electron chi connectivity index (χ1n) is 11.1. The van der Waals surface area contributed by atoms with E-state index in [-0.39, 0.29) is 24.5 Å². The zero-order valence-electron chi connectivity index (χ0n) is 18.5. The molecule has 2 amide bonds. The first-order valence-corrected chi connectivity index (χ1v) is 11.1. The summed E-state index contributed by atoms with van der Waals surface area (Å²) in [5, 5.41) is 0. The fourth-order valence-corrected chi connectivity index (χ4v) is 4.21. The second-order valence-corrected chi connectivity index (χ2v) is 8.09. The predicted molar refractivity (Wildman–Crippen MR) is 121 cm³/mol. The number of para-hydroxylation sites is 1. The number of amides is 2. The van der Waals surface area contributed by atoms with Crippen LogP contribution in [0, 0.1) is 0 Å². The average molecular weight is 439 g/mol. The van der Waals surface area contributed by atoms with E-state index in [1.165, 1.54) is 7.11 Å². The number of hydrogen-bond donors (Lipinski definition) is 0. The number of methoxy groups -OCH3 is 1. The summed E-state index contributed by atoms with van der Waals surface area (Å²) in [7, 11) is 1.53. The van der Waals surface area contributed by atoms with Gasteiger partial charge in [-0.25, -0.2) is 4.98 Å². The summed E-state index contributed by atoms with van der Waals surface area (Å²) in [5.74, 6) is 1.56. The minimum atomic E-state index is -0.0171. The summed E-state index contributed by atoms with van der Waals surface area (Å²) in [6.07, 6.45) is 3.25. The van der Waals surface area contributed by atoms with Gasteiger partial charge in [0.2, 0.25) is 5.91 Å². The van der Waals surface area contributed by atoms with Gasteiger partial charge in [-0.3, -0.25) is 9.59 Å². The third-order valence-corrected chi connectivity index (χ3v) is 6.01. The standard InChI is InChI=1S/C24H30N4O4/c1-31-18-23(29)27-12-9-19(10-13-27)32-21-7-3-2-6-20(21)24(30)28-16-14-26(15-17-28)22-8-4-5-11-25-22/h2-8,11,19H,9-10,12-18H2,1H3. The highest BCUT2D eigenvalue weighted by Crippen LogP contribution is 2.25. The molecule has 0 N–H and O–H groups in total. The minimum absolute atomic E-state index is 0.00557. The Balaban J connectivity index is 1.34. The van der Waals surface area contributed by atoms with Crippen molar-refractivity contribution in [3.05, 3.63) is 54.2 Å². The summed E-state index contributed by atoms with van der Waals surface area (Å²) in [5.41, 5.74) is 0.594. The normalized spacial score (nSPS) is 17.3. The highest BCUT2D eigenvalue weighted by Gasteiger charge is 2.27. The maximum Gasteiger partial charge on any atom is 0.257 e. The topological polar surface area (TPSA) is 75.2 Å². The van der Waals surface area contributed by atoms with Crippen molar-refractivity contribution < 1.29 is 19.1 Å². The second kappa shape index (κ2) is 10.5. The van der Waals surface area contributed by atoms with Gasteiger partial charge in [0.25, 0.3) is 5.91 Å². The number of hydrogen-bond acceptors (Lipinski definition) is 6. The number of rotatable bonds is 6. The summed E-state index contributed by atoms with van der Waals surface area (Å²) in [6, 6.07) is 13.3. The fraction of sp³-hybridized carbons (Fsp3) is 0.458. The molecule has 0 bridgehead atoms. The lowest BCUT2D eigenvalue weighted by Gasteiger charge is -2.36. The Morgan fingerprint density at radius 2 is 1.66 bits per heavy atom. The zero-order chi connectivity index (χ0) is 22.3. The summed E-state index contributed by atoms with van der Waals surface area (Å²) in [4.78, 5) is 35.6. The smallest absolute Gasteiger partial charge is 0.257 e. The zero-order valence-corrected chi connectivity index (χ0v) is 18.5. The number of carbonyl (C=O) groups excluding carboxylic acids is 2. The van der Waals surface area contributed by atoms with Gasteiger partial charge in [-0.05, 0) is 24.3 Å². The number of aromatic nitrogens is 1. The molecule has 1 aromatic heterocycles. The molecule has 0 spiro atoms. The third kappa shape index (κ3) is 5.19. The van der Waals surface area contributed by atoms with Gasteiger partial charge in [0.1, 0.15) is 24.3 Å². The molecule has 0 unspecified atom stereocenters. The summed E-state index contributed by atoms with van der Waals surface area (Å²) >= 11 is 0. The largest absolute Gasteiger partial charge is 0.489 e. The van der Waals surface area contributed by atoms with E-state index >= 15 is 0 Å². The van der Waals surface area contributed by atoms with Crippen LogP contribution in [0.25, 0.3) is 0 Å². The number of piperidine rings is 1. The Bertz CT molecular complexity index is 907. The Morgan fingerprint density at radius 3 is 2.34 bits per heavy atom. The number of pyridine rings is 1. The Morgan fingerprint density at radius 1 is 0.938 bits per heavy atom. The molecule has 2 aliphatic heterocycles. The van der Waals surface area contributed by atoms with Gasteiger partial charge in [0.05, 0.1) is 5.56 Å². The van der Waals surface area contributed by atoms with E-state index in [1.807, 2.05) is 52.3 Å². The molecule has 1 aromatic carbocycles. The van der Waals surface area contributed by atoms with Crippen LogP contribution in [-0.4, -0.2) is 85.7 Å². The van der Waals surface area contributed by atoms with Crippen LogP contribution in [0.15, 0.2) is 48.7 Å². The lowest BCUT2D eigenvalue weighted by atomic mass is 10.1. The van der Waals surface area contributed by atoms with Crippen LogP contribution < -0.4 is 9.64 Å². The molecule has 2 saturated heterocycles. The van der Waals surface area contributed by atoms with Crippen molar-refractivity contribution in [1.29, 1.82) is 0 Å². The Labute approximate surface area is 188 Å². The SMILES string of the molecule is COCC(=O)N1CCC(Oc2ccccc2C(=O)N2CCN(c3ccccn3)CC2)CC1. The number of likely N-dealkylation sites (tertiary alicyclic amines) is 1.